The number of hydrogen-bond acceptors (Lipinski definition) is 7. The molecule has 0 aliphatic heterocycles. The Balaban J connectivity index is 2.05. The molecule has 21 heavy (non-hydrogen) atoms. The van der Waals surface area contributed by atoms with Crippen molar-refractivity contribution in [2.45, 2.75) is 11.6 Å². The molecule has 3 aromatic heterocycles. The number of aromatic amines is 1. The molecule has 0 fully saturated rings. The van der Waals surface area contributed by atoms with Crippen molar-refractivity contribution in [2.24, 2.45) is 5.84 Å². The number of thiazole rings is 1. The molecule has 0 radical (unpaired) electrons. The molecule has 0 aliphatic carbocycles. The number of nitrogens with two attached hydrogens (primary N) is 1. The summed E-state index contributed by atoms with van der Waals surface area (Å²) in [5, 5.41) is 8.23. The summed E-state index contributed by atoms with van der Waals surface area (Å²) in [4.78, 5) is 4.71. The molecule has 0 aliphatic rings. The number of hydrogen-bond donors (Lipinski definition) is 3. The minimum absolute atomic E-state index is 0.0206. The Morgan fingerprint density at radius 1 is 1.57 bits per heavy atom. The highest BCUT2D eigenvalue weighted by atomic mass is 32.2. The van der Waals surface area contributed by atoms with Gasteiger partial charge in [-0.15, -0.1) is 11.3 Å². The zero-order valence-corrected chi connectivity index (χ0v) is 12.6. The Hall–Kier alpha value is -1.95. The molecule has 0 saturated heterocycles. The van der Waals surface area contributed by atoms with Crippen molar-refractivity contribution < 1.29 is 8.42 Å². The summed E-state index contributed by atoms with van der Waals surface area (Å²) in [5.41, 5.74) is 3.10. The van der Waals surface area contributed by atoms with Crippen LogP contribution in [0, 0.1) is 0 Å². The highest BCUT2D eigenvalue weighted by Gasteiger charge is 2.29. The van der Waals surface area contributed by atoms with Gasteiger partial charge in [-0.1, -0.05) is 0 Å². The number of hydrazine groups is 1. The summed E-state index contributed by atoms with van der Waals surface area (Å²) >= 11 is 1.33. The first-order valence-electron chi connectivity index (χ1n) is 5.90. The van der Waals surface area contributed by atoms with E-state index in [4.69, 9.17) is 5.84 Å². The fourth-order valence-corrected chi connectivity index (χ4v) is 4.09. The van der Waals surface area contributed by atoms with Crippen molar-refractivity contribution in [1.29, 1.82) is 0 Å². The number of rotatable bonds is 5. The Kier molecular flexibility index (Phi) is 3.41. The number of anilines is 1. The van der Waals surface area contributed by atoms with Gasteiger partial charge in [-0.3, -0.25) is 9.50 Å². The Morgan fingerprint density at radius 2 is 2.38 bits per heavy atom. The zero-order valence-electron chi connectivity index (χ0n) is 11.0. The fourth-order valence-electron chi connectivity index (χ4n) is 1.96. The van der Waals surface area contributed by atoms with E-state index >= 15 is 0 Å². The fraction of sp³-hybridized carbons (Fsp3) is 0.200. The van der Waals surface area contributed by atoms with E-state index in [2.05, 4.69) is 20.6 Å². The maximum absolute atomic E-state index is 12.8. The summed E-state index contributed by atoms with van der Waals surface area (Å²) in [5.74, 6) is 5.51. The third kappa shape index (κ3) is 2.29. The molecule has 0 aromatic carbocycles. The number of fused-ring (bicyclic) bond motifs is 1. The number of imidazole rings is 1. The number of nitrogens with zero attached hydrogens (tertiary/aromatic N) is 4. The van der Waals surface area contributed by atoms with Crippen LogP contribution in [-0.2, 0) is 16.6 Å². The molecule has 0 bridgehead atoms. The molecule has 0 unspecified atom stereocenters. The van der Waals surface area contributed by atoms with Gasteiger partial charge in [0.15, 0.2) is 10.8 Å². The van der Waals surface area contributed by atoms with Gasteiger partial charge in [0, 0.05) is 36.9 Å². The normalized spacial score (nSPS) is 12.3. The van der Waals surface area contributed by atoms with Gasteiger partial charge < -0.3 is 5.43 Å². The molecule has 112 valence electrons. The van der Waals surface area contributed by atoms with E-state index in [9.17, 15) is 8.42 Å². The summed E-state index contributed by atoms with van der Waals surface area (Å²) in [6.45, 7) is 0.195. The van der Waals surface area contributed by atoms with Crippen LogP contribution in [-0.4, -0.2) is 39.4 Å². The van der Waals surface area contributed by atoms with Gasteiger partial charge in [0.05, 0.1) is 6.20 Å². The molecule has 0 amide bonds. The monoisotopic (exact) mass is 327 g/mol. The number of H-pyrrole nitrogens is 1. The van der Waals surface area contributed by atoms with Gasteiger partial charge in [-0.05, 0) is 0 Å². The van der Waals surface area contributed by atoms with Crippen LogP contribution in [0.15, 0.2) is 29.0 Å². The van der Waals surface area contributed by atoms with E-state index in [1.165, 1.54) is 27.1 Å². The van der Waals surface area contributed by atoms with E-state index in [0.29, 0.717) is 4.96 Å². The summed E-state index contributed by atoms with van der Waals surface area (Å²) in [6, 6.07) is 0. The molecular weight excluding hydrogens is 314 g/mol. The van der Waals surface area contributed by atoms with Crippen LogP contribution >= 0.6 is 11.3 Å². The maximum Gasteiger partial charge on any atom is 0.263 e. The lowest BCUT2D eigenvalue weighted by atomic mass is 10.4. The predicted molar refractivity (Wildman–Crippen MR) is 78.1 cm³/mol. The summed E-state index contributed by atoms with van der Waals surface area (Å²) in [7, 11) is -2.26. The predicted octanol–water partition coefficient (Wildman–Crippen LogP) is 0.225. The third-order valence-corrected chi connectivity index (χ3v) is 5.55. The Labute approximate surface area is 124 Å². The average Bonchev–Trinajstić information content (AvgIpc) is 3.13. The topological polar surface area (TPSA) is 121 Å². The van der Waals surface area contributed by atoms with Crippen LogP contribution in [0.4, 0.5) is 5.82 Å². The maximum atomic E-state index is 12.8. The second-order valence-corrected chi connectivity index (χ2v) is 7.17. The highest BCUT2D eigenvalue weighted by Crippen LogP contribution is 2.27. The number of sulfonamides is 1. The first-order chi connectivity index (χ1) is 10.0. The van der Waals surface area contributed by atoms with Crippen LogP contribution in [0.1, 0.15) is 5.56 Å². The van der Waals surface area contributed by atoms with Gasteiger partial charge in [0.1, 0.15) is 0 Å². The van der Waals surface area contributed by atoms with E-state index < -0.39 is 10.0 Å². The molecule has 3 aromatic rings. The number of nitrogen functional groups attached to an aromatic ring is 1. The molecule has 0 atom stereocenters. The third-order valence-electron chi connectivity index (χ3n) is 2.97. The standard InChI is InChI=1S/C10H13N7O2S2/c1-16(6-7-4-12-13-5-7)21(18,19)9-8(15-11)14-10-17(9)2-3-20-10/h2-5,15H,6,11H2,1H3,(H,12,13). The van der Waals surface area contributed by atoms with Crippen LogP contribution < -0.4 is 11.3 Å². The van der Waals surface area contributed by atoms with Crippen molar-refractivity contribution in [3.05, 3.63) is 29.5 Å². The van der Waals surface area contributed by atoms with Crippen molar-refractivity contribution in [2.75, 3.05) is 12.5 Å². The SMILES string of the molecule is CN(Cc1cn[nH]c1)S(=O)(=O)c1c(NN)nc2sccn12. The molecule has 0 saturated carbocycles. The van der Waals surface area contributed by atoms with Gasteiger partial charge in [0.2, 0.25) is 5.03 Å². The first kappa shape index (κ1) is 14.0. The van der Waals surface area contributed by atoms with Crippen molar-refractivity contribution in [1.82, 2.24) is 23.9 Å². The van der Waals surface area contributed by atoms with Crippen molar-refractivity contribution in [3.8, 4) is 0 Å². The Bertz CT molecular complexity index is 849. The van der Waals surface area contributed by atoms with E-state index in [1.807, 2.05) is 0 Å². The molecule has 4 N–H and O–H groups in total. The number of aromatic nitrogens is 4. The van der Waals surface area contributed by atoms with Gasteiger partial charge in [0.25, 0.3) is 10.0 Å². The lowest BCUT2D eigenvalue weighted by Gasteiger charge is -2.16. The zero-order chi connectivity index (χ0) is 15.0. The smallest absolute Gasteiger partial charge is 0.263 e. The van der Waals surface area contributed by atoms with Crippen LogP contribution in [0.25, 0.3) is 4.96 Å². The summed E-state index contributed by atoms with van der Waals surface area (Å²) < 4.78 is 28.2. The quantitative estimate of drug-likeness (QED) is 0.455. The molecule has 0 spiro atoms. The van der Waals surface area contributed by atoms with Gasteiger partial charge in [-0.25, -0.2) is 14.3 Å². The van der Waals surface area contributed by atoms with Crippen LogP contribution in [0.5, 0.6) is 0 Å². The number of nitrogens with one attached hydrogen (secondary N) is 2. The highest BCUT2D eigenvalue weighted by molar-refractivity contribution is 7.89. The Morgan fingerprint density at radius 3 is 3.05 bits per heavy atom. The molecule has 9 nitrogen and oxygen atoms in total. The second-order valence-electron chi connectivity index (χ2n) is 4.33. The van der Waals surface area contributed by atoms with Gasteiger partial charge >= 0.3 is 0 Å². The van der Waals surface area contributed by atoms with Gasteiger partial charge in [-0.2, -0.15) is 14.4 Å². The lowest BCUT2D eigenvalue weighted by Crippen LogP contribution is -2.28. The minimum atomic E-state index is -3.75. The average molecular weight is 327 g/mol. The minimum Gasteiger partial charge on any atom is -0.306 e. The van der Waals surface area contributed by atoms with Crippen LogP contribution in [0.2, 0.25) is 0 Å². The first-order valence-corrected chi connectivity index (χ1v) is 8.22. The second kappa shape index (κ2) is 5.11. The van der Waals surface area contributed by atoms with E-state index in [-0.39, 0.29) is 17.4 Å². The van der Waals surface area contributed by atoms with Crippen molar-refractivity contribution >= 4 is 32.1 Å². The van der Waals surface area contributed by atoms with Crippen molar-refractivity contribution in [3.63, 3.8) is 0 Å². The van der Waals surface area contributed by atoms with E-state index in [1.54, 1.807) is 24.0 Å². The molecule has 3 rings (SSSR count). The molecular formula is C10H13N7O2S2. The molecule has 11 heteroatoms. The van der Waals surface area contributed by atoms with E-state index in [0.717, 1.165) is 5.56 Å². The van der Waals surface area contributed by atoms with Crippen LogP contribution in [0.3, 0.4) is 0 Å². The largest absolute Gasteiger partial charge is 0.306 e. The lowest BCUT2D eigenvalue weighted by molar-refractivity contribution is 0.463. The summed E-state index contributed by atoms with van der Waals surface area (Å²) in [6.07, 6.45) is 4.86. The molecule has 3 heterocycles.